The lowest BCUT2D eigenvalue weighted by Crippen LogP contribution is -2.54. The average molecular weight is 567 g/mol. The number of hydrogen-bond acceptors (Lipinski definition) is 12. The van der Waals surface area contributed by atoms with E-state index in [9.17, 15) is 14.4 Å². The molecule has 1 aliphatic heterocycles. The zero-order valence-electron chi connectivity index (χ0n) is 22.7. The van der Waals surface area contributed by atoms with Crippen molar-refractivity contribution in [3.05, 3.63) is 41.0 Å². The van der Waals surface area contributed by atoms with Crippen LogP contribution in [0, 0.1) is 0 Å². The SMILES string of the molecule is C=CCOc1cc([C@@H](CCC)NC(=O)[C@]2(N)CSC(/C(C)=N/CC(=O)COCCOCCOC)=N2)oc(=O)c1. The predicted octanol–water partition coefficient (Wildman–Crippen LogP) is 1.67. The van der Waals surface area contributed by atoms with Gasteiger partial charge < -0.3 is 28.7 Å². The topological polar surface area (TPSA) is 164 Å². The van der Waals surface area contributed by atoms with Crippen LogP contribution in [0.4, 0.5) is 0 Å². The monoisotopic (exact) mass is 566 g/mol. The van der Waals surface area contributed by atoms with Crippen molar-refractivity contribution in [2.75, 3.05) is 59.0 Å². The summed E-state index contributed by atoms with van der Waals surface area (Å²) < 4.78 is 26.2. The number of methoxy groups -OCH3 is 1. The molecule has 2 rings (SSSR count). The number of Topliss-reactive ketones (excluding diaryl/α,β-unsaturated/α-hetero) is 1. The summed E-state index contributed by atoms with van der Waals surface area (Å²) in [7, 11) is 1.59. The Labute approximate surface area is 232 Å². The van der Waals surface area contributed by atoms with Crippen LogP contribution in [0.5, 0.6) is 5.75 Å². The van der Waals surface area contributed by atoms with Crippen LogP contribution in [0.15, 0.2) is 44.0 Å². The van der Waals surface area contributed by atoms with Crippen LogP contribution in [-0.2, 0) is 23.8 Å². The van der Waals surface area contributed by atoms with E-state index in [0.717, 1.165) is 0 Å². The summed E-state index contributed by atoms with van der Waals surface area (Å²) in [5, 5.41) is 3.34. The minimum atomic E-state index is -1.55. The molecule has 1 aromatic rings. The third kappa shape index (κ3) is 11.0. The number of ether oxygens (including phenoxy) is 4. The van der Waals surface area contributed by atoms with Crippen molar-refractivity contribution < 1.29 is 33.0 Å². The van der Waals surface area contributed by atoms with E-state index >= 15 is 0 Å². The molecule has 0 bridgehead atoms. The lowest BCUT2D eigenvalue weighted by atomic mass is 10.1. The number of rotatable bonds is 19. The van der Waals surface area contributed by atoms with E-state index in [1.807, 2.05) is 6.92 Å². The second-order valence-electron chi connectivity index (χ2n) is 8.66. The minimum absolute atomic E-state index is 0.0813. The van der Waals surface area contributed by atoms with Gasteiger partial charge in [-0.25, -0.2) is 9.79 Å². The molecule has 1 aliphatic rings. The summed E-state index contributed by atoms with van der Waals surface area (Å²) in [5.41, 5.74) is 4.71. The smallest absolute Gasteiger partial charge is 0.339 e. The van der Waals surface area contributed by atoms with Crippen molar-refractivity contribution in [1.29, 1.82) is 0 Å². The van der Waals surface area contributed by atoms with Gasteiger partial charge in [0.1, 0.15) is 36.3 Å². The van der Waals surface area contributed by atoms with Gasteiger partial charge in [-0.1, -0.05) is 26.0 Å². The first-order chi connectivity index (χ1) is 18.7. The number of ketones is 1. The molecule has 3 N–H and O–H groups in total. The number of amides is 1. The molecular formula is C26H38N4O8S. The maximum atomic E-state index is 13.2. The third-order valence-electron chi connectivity index (χ3n) is 5.35. The highest BCUT2D eigenvalue weighted by molar-refractivity contribution is 8.16. The van der Waals surface area contributed by atoms with Gasteiger partial charge in [-0.2, -0.15) is 0 Å². The molecule has 0 unspecified atom stereocenters. The van der Waals surface area contributed by atoms with Gasteiger partial charge >= 0.3 is 5.63 Å². The molecule has 0 aliphatic carbocycles. The molecule has 12 nitrogen and oxygen atoms in total. The third-order valence-corrected chi connectivity index (χ3v) is 6.59. The van der Waals surface area contributed by atoms with Crippen LogP contribution in [0.3, 0.4) is 0 Å². The molecule has 2 atom stereocenters. The molecule has 0 saturated carbocycles. The molecule has 0 aromatic carbocycles. The Bertz CT molecular complexity index is 1090. The number of hydrogen-bond donors (Lipinski definition) is 2. The Morgan fingerprint density at radius 3 is 2.77 bits per heavy atom. The molecule has 2 heterocycles. The van der Waals surface area contributed by atoms with Crippen LogP contribution in [0.2, 0.25) is 0 Å². The van der Waals surface area contributed by atoms with Crippen LogP contribution >= 0.6 is 11.8 Å². The van der Waals surface area contributed by atoms with Crippen molar-refractivity contribution in [2.45, 2.75) is 38.4 Å². The van der Waals surface area contributed by atoms with Crippen molar-refractivity contribution >= 4 is 34.2 Å². The number of nitrogens with one attached hydrogen (secondary N) is 1. The Morgan fingerprint density at radius 2 is 2.05 bits per heavy atom. The lowest BCUT2D eigenvalue weighted by Gasteiger charge is -2.24. The van der Waals surface area contributed by atoms with E-state index in [-0.39, 0.29) is 37.1 Å². The van der Waals surface area contributed by atoms with Crippen LogP contribution in [0.25, 0.3) is 0 Å². The van der Waals surface area contributed by atoms with Crippen molar-refractivity contribution in [3.8, 4) is 5.75 Å². The fraction of sp³-hybridized carbons (Fsp3) is 0.577. The molecular weight excluding hydrogens is 528 g/mol. The molecule has 0 saturated heterocycles. The standard InChI is InChI=1S/C26H38N4O8S/c1-5-7-21(22-13-20(37-8-6-2)14-23(32)38-22)29-25(33)26(27)17-39-24(30-26)18(3)28-15-19(31)16-36-12-11-35-10-9-34-4/h6,13-14,21H,2,5,7-12,15-17,27H2,1,3-4H3,(H,29,33)/b28-18+/t21-,26+/m1/s1. The average Bonchev–Trinajstić information content (AvgIpc) is 3.33. The van der Waals surface area contributed by atoms with Gasteiger partial charge in [0.05, 0.1) is 44.2 Å². The summed E-state index contributed by atoms with van der Waals surface area (Å²) in [6.07, 6.45) is 2.77. The Kier molecular flexibility index (Phi) is 14.1. The molecule has 39 heavy (non-hydrogen) atoms. The number of carbonyl (C=O) groups is 2. The molecule has 0 spiro atoms. The first-order valence-corrected chi connectivity index (χ1v) is 13.6. The van der Waals surface area contributed by atoms with Gasteiger partial charge in [-0.05, 0) is 13.3 Å². The summed E-state index contributed by atoms with van der Waals surface area (Å²) >= 11 is 1.28. The normalized spacial score (nSPS) is 17.9. The molecule has 1 amide bonds. The van der Waals surface area contributed by atoms with Gasteiger partial charge in [0.2, 0.25) is 0 Å². The Balaban J connectivity index is 1.97. The zero-order chi connectivity index (χ0) is 28.7. The van der Waals surface area contributed by atoms with E-state index < -0.39 is 23.2 Å². The van der Waals surface area contributed by atoms with Gasteiger partial charge in [-0.3, -0.25) is 20.3 Å². The van der Waals surface area contributed by atoms with Gasteiger partial charge in [0, 0.05) is 18.9 Å². The Morgan fingerprint density at radius 1 is 1.31 bits per heavy atom. The first kappa shape index (κ1) is 32.4. The quantitative estimate of drug-likeness (QED) is 0.143. The van der Waals surface area contributed by atoms with Gasteiger partial charge in [0.15, 0.2) is 11.4 Å². The number of nitrogens with zero attached hydrogens (tertiary/aromatic N) is 2. The maximum Gasteiger partial charge on any atom is 0.339 e. The van der Waals surface area contributed by atoms with Crippen molar-refractivity contribution in [2.24, 2.45) is 15.7 Å². The fourth-order valence-corrected chi connectivity index (χ4v) is 4.39. The van der Waals surface area contributed by atoms with E-state index in [4.69, 9.17) is 29.1 Å². The molecule has 1 aromatic heterocycles. The Hall–Kier alpha value is -2.84. The lowest BCUT2D eigenvalue weighted by molar-refractivity contribution is -0.126. The number of aliphatic imine (C=N–C) groups is 2. The number of nitrogens with two attached hydrogens (primary N) is 1. The largest absolute Gasteiger partial charge is 0.489 e. The van der Waals surface area contributed by atoms with Gasteiger partial charge in [0.25, 0.3) is 5.91 Å². The molecule has 216 valence electrons. The summed E-state index contributed by atoms with van der Waals surface area (Å²) in [6.45, 7) is 8.92. The molecule has 0 fully saturated rings. The van der Waals surface area contributed by atoms with Crippen molar-refractivity contribution in [3.63, 3.8) is 0 Å². The van der Waals surface area contributed by atoms with E-state index in [1.54, 1.807) is 26.2 Å². The first-order valence-electron chi connectivity index (χ1n) is 12.6. The van der Waals surface area contributed by atoms with E-state index in [2.05, 4.69) is 21.9 Å². The van der Waals surface area contributed by atoms with Crippen LogP contribution < -0.4 is 21.4 Å². The summed E-state index contributed by atoms with van der Waals surface area (Å²) in [6, 6.07) is 2.19. The fourth-order valence-electron chi connectivity index (χ4n) is 3.33. The summed E-state index contributed by atoms with van der Waals surface area (Å²) in [5.74, 6) is 0.0447. The molecule has 13 heteroatoms. The second kappa shape index (κ2) is 17.0. The van der Waals surface area contributed by atoms with Gasteiger partial charge in [-0.15, -0.1) is 11.8 Å². The van der Waals surface area contributed by atoms with E-state index in [0.29, 0.717) is 55.8 Å². The predicted molar refractivity (Wildman–Crippen MR) is 150 cm³/mol. The second-order valence-corrected chi connectivity index (χ2v) is 9.62. The zero-order valence-corrected chi connectivity index (χ0v) is 23.6. The van der Waals surface area contributed by atoms with Crippen LogP contribution in [0.1, 0.15) is 38.5 Å². The highest BCUT2D eigenvalue weighted by atomic mass is 32.2. The maximum absolute atomic E-state index is 13.2. The minimum Gasteiger partial charge on any atom is -0.489 e. The van der Waals surface area contributed by atoms with Crippen molar-refractivity contribution in [1.82, 2.24) is 5.32 Å². The number of carbonyl (C=O) groups excluding carboxylic acids is 2. The molecule has 0 radical (unpaired) electrons. The summed E-state index contributed by atoms with van der Waals surface area (Å²) in [4.78, 5) is 46.0. The highest BCUT2D eigenvalue weighted by Gasteiger charge is 2.40. The van der Waals surface area contributed by atoms with E-state index in [1.165, 1.54) is 17.8 Å². The number of thioether (sulfide) groups is 1. The highest BCUT2D eigenvalue weighted by Crippen LogP contribution is 2.27. The van der Waals surface area contributed by atoms with Crippen LogP contribution in [-0.4, -0.2) is 87.2 Å².